The van der Waals surface area contributed by atoms with Gasteiger partial charge in [-0.1, -0.05) is 23.7 Å². The fraction of sp³-hybridized carbons (Fsp3) is 0.0588. The molecule has 3 rings (SSSR count). The molecule has 0 radical (unpaired) electrons. The van der Waals surface area contributed by atoms with E-state index in [1.165, 1.54) is 43.5 Å². The summed E-state index contributed by atoms with van der Waals surface area (Å²) in [6, 6.07) is 10.0. The fourth-order valence-corrected chi connectivity index (χ4v) is 2.26. The molecule has 9 heteroatoms. The third kappa shape index (κ3) is 3.55. The first-order chi connectivity index (χ1) is 12.5. The van der Waals surface area contributed by atoms with E-state index >= 15 is 0 Å². The van der Waals surface area contributed by atoms with Crippen molar-refractivity contribution in [3.63, 3.8) is 0 Å². The molecule has 0 unspecified atom stereocenters. The van der Waals surface area contributed by atoms with E-state index in [1.54, 1.807) is 6.07 Å². The lowest BCUT2D eigenvalue weighted by Crippen LogP contribution is -2.13. The number of esters is 1. The number of carbonyl (C=O) groups excluding carboxylic acids is 2. The Balaban J connectivity index is 1.83. The maximum Gasteiger partial charge on any atom is 0.337 e. The number of halogens is 2. The van der Waals surface area contributed by atoms with E-state index in [0.717, 1.165) is 0 Å². The molecule has 1 N–H and O–H groups in total. The molecule has 1 amide bonds. The molecular formula is C17H11ClFN3O4. The van der Waals surface area contributed by atoms with Crippen LogP contribution in [0.15, 0.2) is 46.9 Å². The zero-order valence-corrected chi connectivity index (χ0v) is 14.1. The van der Waals surface area contributed by atoms with Gasteiger partial charge < -0.3 is 14.5 Å². The molecule has 0 saturated heterocycles. The number of aromatic nitrogens is 2. The van der Waals surface area contributed by atoms with Gasteiger partial charge in [-0.05, 0) is 30.3 Å². The summed E-state index contributed by atoms with van der Waals surface area (Å²) in [5, 5.41) is 9.92. The van der Waals surface area contributed by atoms with Crippen molar-refractivity contribution >= 4 is 29.2 Å². The molecule has 0 atom stereocenters. The van der Waals surface area contributed by atoms with Crippen molar-refractivity contribution in [2.24, 2.45) is 0 Å². The van der Waals surface area contributed by atoms with Gasteiger partial charge in [-0.15, -0.1) is 10.2 Å². The van der Waals surface area contributed by atoms with E-state index in [1.807, 2.05) is 0 Å². The number of hydrogen-bond donors (Lipinski definition) is 1. The molecule has 26 heavy (non-hydrogen) atoms. The standard InChI is InChI=1S/C17H11ClFN3O4/c1-25-17(24)9-6-7-11(18)13(8-9)20-14(23)16-22-21-15(26-16)10-4-2-3-5-12(10)19/h2-8H,1H3,(H,20,23). The van der Waals surface area contributed by atoms with Gasteiger partial charge in [0.15, 0.2) is 0 Å². The molecular weight excluding hydrogens is 365 g/mol. The van der Waals surface area contributed by atoms with Crippen LogP contribution in [-0.2, 0) is 4.74 Å². The van der Waals surface area contributed by atoms with E-state index in [9.17, 15) is 14.0 Å². The number of nitrogens with one attached hydrogen (secondary N) is 1. The van der Waals surface area contributed by atoms with Gasteiger partial charge in [0.1, 0.15) is 5.82 Å². The molecule has 3 aromatic rings. The molecule has 0 fully saturated rings. The monoisotopic (exact) mass is 375 g/mol. The number of amides is 1. The minimum absolute atomic E-state index is 0.0739. The van der Waals surface area contributed by atoms with Gasteiger partial charge in [-0.3, -0.25) is 4.79 Å². The van der Waals surface area contributed by atoms with Crippen molar-refractivity contribution in [1.29, 1.82) is 0 Å². The van der Waals surface area contributed by atoms with Gasteiger partial charge in [0.25, 0.3) is 5.89 Å². The Bertz CT molecular complexity index is 990. The molecule has 132 valence electrons. The van der Waals surface area contributed by atoms with Crippen LogP contribution in [0.4, 0.5) is 10.1 Å². The number of hydrogen-bond acceptors (Lipinski definition) is 6. The van der Waals surface area contributed by atoms with Crippen LogP contribution in [0.3, 0.4) is 0 Å². The molecule has 2 aromatic carbocycles. The first-order valence-corrected chi connectivity index (χ1v) is 7.65. The SMILES string of the molecule is COC(=O)c1ccc(Cl)c(NC(=O)c2nnc(-c3ccccc3F)o2)c1. The first-order valence-electron chi connectivity index (χ1n) is 7.27. The van der Waals surface area contributed by atoms with Crippen molar-refractivity contribution in [3.05, 3.63) is 64.8 Å². The van der Waals surface area contributed by atoms with E-state index in [0.29, 0.717) is 0 Å². The summed E-state index contributed by atoms with van der Waals surface area (Å²) in [5.74, 6) is -2.43. The Morgan fingerprint density at radius 3 is 2.69 bits per heavy atom. The largest absolute Gasteiger partial charge is 0.465 e. The van der Waals surface area contributed by atoms with Crippen molar-refractivity contribution < 1.29 is 23.1 Å². The van der Waals surface area contributed by atoms with Gasteiger partial charge >= 0.3 is 17.8 Å². The maximum atomic E-state index is 13.7. The van der Waals surface area contributed by atoms with Crippen LogP contribution in [0.5, 0.6) is 0 Å². The summed E-state index contributed by atoms with van der Waals surface area (Å²) in [6.45, 7) is 0. The summed E-state index contributed by atoms with van der Waals surface area (Å²) < 4.78 is 23.6. The highest BCUT2D eigenvalue weighted by molar-refractivity contribution is 6.34. The molecule has 0 bridgehead atoms. The summed E-state index contributed by atoms with van der Waals surface area (Å²) in [7, 11) is 1.23. The molecule has 7 nitrogen and oxygen atoms in total. The van der Waals surface area contributed by atoms with E-state index < -0.39 is 17.7 Å². The number of nitrogens with zero attached hydrogens (tertiary/aromatic N) is 2. The summed E-state index contributed by atoms with van der Waals surface area (Å²) in [5.41, 5.74) is 0.430. The normalized spacial score (nSPS) is 10.4. The average molecular weight is 376 g/mol. The van der Waals surface area contributed by atoms with E-state index in [-0.39, 0.29) is 33.6 Å². The predicted molar refractivity (Wildman–Crippen MR) is 90.4 cm³/mol. The number of anilines is 1. The van der Waals surface area contributed by atoms with Gasteiger partial charge in [0.2, 0.25) is 0 Å². The van der Waals surface area contributed by atoms with Crippen molar-refractivity contribution in [2.45, 2.75) is 0 Å². The Morgan fingerprint density at radius 1 is 1.19 bits per heavy atom. The molecule has 0 saturated carbocycles. The zero-order chi connectivity index (χ0) is 18.7. The quantitative estimate of drug-likeness (QED) is 0.700. The molecule has 0 aliphatic carbocycles. The number of ether oxygens (including phenoxy) is 1. The van der Waals surface area contributed by atoms with E-state index in [2.05, 4.69) is 20.3 Å². The van der Waals surface area contributed by atoms with Crippen molar-refractivity contribution in [3.8, 4) is 11.5 Å². The second kappa shape index (κ2) is 7.32. The second-order valence-electron chi connectivity index (χ2n) is 5.03. The maximum absolute atomic E-state index is 13.7. The third-order valence-corrected chi connectivity index (χ3v) is 3.69. The van der Waals surface area contributed by atoms with Crippen LogP contribution in [-0.4, -0.2) is 29.2 Å². The number of rotatable bonds is 4. The van der Waals surface area contributed by atoms with Crippen LogP contribution >= 0.6 is 11.6 Å². The molecule has 1 aromatic heterocycles. The zero-order valence-electron chi connectivity index (χ0n) is 13.3. The molecule has 0 spiro atoms. The topological polar surface area (TPSA) is 94.3 Å². The van der Waals surface area contributed by atoms with Crippen LogP contribution < -0.4 is 5.32 Å². The van der Waals surface area contributed by atoms with E-state index in [4.69, 9.17) is 16.0 Å². The Morgan fingerprint density at radius 2 is 1.96 bits per heavy atom. The smallest absolute Gasteiger partial charge is 0.337 e. The van der Waals surface area contributed by atoms with Crippen LogP contribution in [0.1, 0.15) is 21.0 Å². The highest BCUT2D eigenvalue weighted by Crippen LogP contribution is 2.25. The van der Waals surface area contributed by atoms with Crippen LogP contribution in [0, 0.1) is 5.82 Å². The number of benzene rings is 2. The highest BCUT2D eigenvalue weighted by atomic mass is 35.5. The minimum atomic E-state index is -0.760. The van der Waals surface area contributed by atoms with Crippen LogP contribution in [0.25, 0.3) is 11.5 Å². The molecule has 0 aliphatic rings. The Hall–Kier alpha value is -3.26. The lowest BCUT2D eigenvalue weighted by atomic mass is 10.2. The summed E-state index contributed by atoms with van der Waals surface area (Å²) in [4.78, 5) is 23.8. The van der Waals surface area contributed by atoms with Gasteiger partial charge in [0.05, 0.1) is 28.9 Å². The van der Waals surface area contributed by atoms with Crippen molar-refractivity contribution in [1.82, 2.24) is 10.2 Å². The fourth-order valence-electron chi connectivity index (χ4n) is 2.10. The lowest BCUT2D eigenvalue weighted by Gasteiger charge is -2.07. The van der Waals surface area contributed by atoms with Gasteiger partial charge in [-0.25, -0.2) is 9.18 Å². The summed E-state index contributed by atoms with van der Waals surface area (Å²) in [6.07, 6.45) is 0. The molecule has 1 heterocycles. The first kappa shape index (κ1) is 17.6. The second-order valence-corrected chi connectivity index (χ2v) is 5.44. The average Bonchev–Trinajstić information content (AvgIpc) is 3.13. The third-order valence-electron chi connectivity index (χ3n) is 3.36. The molecule has 0 aliphatic heterocycles. The predicted octanol–water partition coefficient (Wildman–Crippen LogP) is 3.57. The number of carbonyl (C=O) groups is 2. The van der Waals surface area contributed by atoms with Crippen molar-refractivity contribution in [2.75, 3.05) is 12.4 Å². The Kier molecular flexibility index (Phi) is 4.94. The number of methoxy groups -OCH3 is 1. The minimum Gasteiger partial charge on any atom is -0.465 e. The lowest BCUT2D eigenvalue weighted by molar-refractivity contribution is 0.0600. The van der Waals surface area contributed by atoms with Gasteiger partial charge in [-0.2, -0.15) is 0 Å². The Labute approximate surface area is 151 Å². The van der Waals surface area contributed by atoms with Crippen LogP contribution in [0.2, 0.25) is 5.02 Å². The summed E-state index contributed by atoms with van der Waals surface area (Å²) >= 11 is 6.01. The highest BCUT2D eigenvalue weighted by Gasteiger charge is 2.19. The van der Waals surface area contributed by atoms with Gasteiger partial charge in [0, 0.05) is 0 Å².